The van der Waals surface area contributed by atoms with Crippen molar-refractivity contribution in [3.05, 3.63) is 60.7 Å². The van der Waals surface area contributed by atoms with Gasteiger partial charge < -0.3 is 9.16 Å². The molecule has 0 amide bonds. The van der Waals surface area contributed by atoms with E-state index in [1.54, 1.807) is 0 Å². The molecule has 0 heterocycles. The molecule has 0 aromatic heterocycles. The highest BCUT2D eigenvalue weighted by Crippen LogP contribution is 2.37. The van der Waals surface area contributed by atoms with Crippen molar-refractivity contribution in [3.8, 4) is 0 Å². The second kappa shape index (κ2) is 23.4. The first-order valence-electron chi connectivity index (χ1n) is 18.8. The summed E-state index contributed by atoms with van der Waals surface area (Å²) in [5, 5.41) is 2.78. The lowest BCUT2D eigenvalue weighted by atomic mass is 9.91. The molecular formula is C41H68O3Si. The maximum atomic E-state index is 12.2. The molecule has 0 fully saturated rings. The Morgan fingerprint density at radius 2 is 1.04 bits per heavy atom. The molecule has 0 spiro atoms. The first-order valence-corrected chi connectivity index (χ1v) is 20.7. The minimum Gasteiger partial charge on any atom is -0.466 e. The van der Waals surface area contributed by atoms with Gasteiger partial charge in [-0.25, -0.2) is 0 Å². The van der Waals surface area contributed by atoms with Crippen molar-refractivity contribution in [2.24, 2.45) is 5.92 Å². The number of carbonyl (C=O) groups is 1. The number of rotatable bonds is 26. The summed E-state index contributed by atoms with van der Waals surface area (Å²) < 4.78 is 12.3. The summed E-state index contributed by atoms with van der Waals surface area (Å²) in [6.45, 7) is 12.6. The van der Waals surface area contributed by atoms with Gasteiger partial charge in [0, 0.05) is 13.0 Å². The molecule has 1 atom stereocenters. The normalized spacial score (nSPS) is 12.7. The van der Waals surface area contributed by atoms with Crippen LogP contribution >= 0.6 is 0 Å². The molecule has 2 rings (SSSR count). The summed E-state index contributed by atoms with van der Waals surface area (Å²) in [5.41, 5.74) is 0. The van der Waals surface area contributed by atoms with Gasteiger partial charge in [0.15, 0.2) is 0 Å². The van der Waals surface area contributed by atoms with Gasteiger partial charge in [-0.3, -0.25) is 4.79 Å². The topological polar surface area (TPSA) is 35.5 Å². The Kier molecular flexibility index (Phi) is 20.4. The zero-order valence-electron chi connectivity index (χ0n) is 29.9. The van der Waals surface area contributed by atoms with Gasteiger partial charge in [0.25, 0.3) is 8.32 Å². The smallest absolute Gasteiger partial charge is 0.306 e. The number of esters is 1. The van der Waals surface area contributed by atoms with Crippen molar-refractivity contribution in [3.63, 3.8) is 0 Å². The lowest BCUT2D eigenvalue weighted by Gasteiger charge is -2.43. The largest absolute Gasteiger partial charge is 0.466 e. The molecule has 2 aromatic carbocycles. The molecule has 0 saturated heterocycles. The van der Waals surface area contributed by atoms with Crippen LogP contribution in [0.2, 0.25) is 5.04 Å². The zero-order chi connectivity index (χ0) is 32.6. The summed E-state index contributed by atoms with van der Waals surface area (Å²) in [7, 11) is -2.41. The highest BCUT2D eigenvalue weighted by molar-refractivity contribution is 6.99. The maximum Gasteiger partial charge on any atom is 0.306 e. The van der Waals surface area contributed by atoms with Gasteiger partial charge in [0.2, 0.25) is 0 Å². The van der Waals surface area contributed by atoms with Crippen molar-refractivity contribution in [2.75, 3.05) is 13.2 Å². The summed E-state index contributed by atoms with van der Waals surface area (Å²) in [5.74, 6) is 0.508. The van der Waals surface area contributed by atoms with E-state index in [0.29, 0.717) is 18.9 Å². The molecule has 45 heavy (non-hydrogen) atoms. The van der Waals surface area contributed by atoms with Crippen molar-refractivity contribution in [2.45, 2.75) is 162 Å². The third-order valence-electron chi connectivity index (χ3n) is 9.47. The fourth-order valence-corrected chi connectivity index (χ4v) is 11.6. The Morgan fingerprint density at radius 3 is 1.47 bits per heavy atom. The summed E-state index contributed by atoms with van der Waals surface area (Å²) >= 11 is 0. The molecule has 0 saturated carbocycles. The zero-order valence-corrected chi connectivity index (χ0v) is 30.9. The molecule has 0 bridgehead atoms. The molecule has 0 aliphatic rings. The molecule has 0 aliphatic heterocycles. The quantitative estimate of drug-likeness (QED) is 0.0585. The lowest BCUT2D eigenvalue weighted by molar-refractivity contribution is -0.144. The van der Waals surface area contributed by atoms with Crippen molar-refractivity contribution < 1.29 is 14.0 Å². The third-order valence-corrected chi connectivity index (χ3v) is 14.5. The predicted octanol–water partition coefficient (Wildman–Crippen LogP) is 11.2. The molecule has 0 aliphatic carbocycles. The van der Waals surface area contributed by atoms with Gasteiger partial charge in [0.05, 0.1) is 6.61 Å². The Bertz CT molecular complexity index is 945. The summed E-state index contributed by atoms with van der Waals surface area (Å²) in [4.78, 5) is 12.2. The van der Waals surface area contributed by atoms with Crippen LogP contribution in [-0.4, -0.2) is 27.5 Å². The Labute approximate surface area is 279 Å². The molecule has 4 heteroatoms. The van der Waals surface area contributed by atoms with E-state index in [-0.39, 0.29) is 11.0 Å². The first kappa shape index (κ1) is 39.3. The predicted molar refractivity (Wildman–Crippen MR) is 197 cm³/mol. The van der Waals surface area contributed by atoms with E-state index in [1.807, 2.05) is 6.92 Å². The van der Waals surface area contributed by atoms with E-state index in [4.69, 9.17) is 9.16 Å². The third kappa shape index (κ3) is 15.0. The number of hydrogen-bond acceptors (Lipinski definition) is 3. The van der Waals surface area contributed by atoms with Crippen molar-refractivity contribution >= 4 is 24.7 Å². The van der Waals surface area contributed by atoms with Crippen LogP contribution in [0.3, 0.4) is 0 Å². The average Bonchev–Trinajstić information content (AvgIpc) is 3.03. The van der Waals surface area contributed by atoms with E-state index in [1.165, 1.54) is 120 Å². The maximum absolute atomic E-state index is 12.2. The van der Waals surface area contributed by atoms with Crippen LogP contribution in [0.1, 0.15) is 157 Å². The number of carbonyl (C=O) groups excluding carboxylic acids is 1. The minimum absolute atomic E-state index is 0.00224. The van der Waals surface area contributed by atoms with E-state index in [9.17, 15) is 4.79 Å². The van der Waals surface area contributed by atoms with Gasteiger partial charge in [0.1, 0.15) is 0 Å². The monoisotopic (exact) mass is 636 g/mol. The standard InChI is InChI=1S/C41H68O3Si/c1-6-8-9-10-14-17-22-29-37(36-40(42)43-7-2)30-23-18-15-12-11-13-16-19-28-35-44-45(41(3,4)5,38-31-24-20-25-32-38)39-33-26-21-27-34-39/h20-21,24-27,31-34,37H,6-19,22-23,28-30,35-36H2,1-5H3. The van der Waals surface area contributed by atoms with Gasteiger partial charge in [-0.1, -0.05) is 185 Å². The lowest BCUT2D eigenvalue weighted by Crippen LogP contribution is -2.66. The molecule has 2 aromatic rings. The molecule has 1 unspecified atom stereocenters. The SMILES string of the molecule is CCCCCCCCCC(CCCCCCCCCCCO[Si](c1ccccc1)(c1ccccc1)C(C)(C)C)CC(=O)OCC. The van der Waals surface area contributed by atoms with Crippen LogP contribution in [-0.2, 0) is 14.0 Å². The number of benzene rings is 2. The molecule has 254 valence electrons. The average molecular weight is 637 g/mol. The second-order valence-corrected chi connectivity index (χ2v) is 18.6. The Morgan fingerprint density at radius 1 is 0.622 bits per heavy atom. The number of unbranched alkanes of at least 4 members (excludes halogenated alkanes) is 14. The molecular weight excluding hydrogens is 569 g/mol. The molecule has 0 N–H and O–H groups in total. The van der Waals surface area contributed by atoms with Crippen LogP contribution in [0.15, 0.2) is 60.7 Å². The van der Waals surface area contributed by atoms with Crippen LogP contribution in [0.25, 0.3) is 0 Å². The Balaban J connectivity index is 1.65. The van der Waals surface area contributed by atoms with Crippen LogP contribution in [0.5, 0.6) is 0 Å². The first-order chi connectivity index (χ1) is 21.8. The van der Waals surface area contributed by atoms with Crippen molar-refractivity contribution in [1.29, 1.82) is 0 Å². The highest BCUT2D eigenvalue weighted by atomic mass is 28.4. The number of ether oxygens (including phenoxy) is 1. The second-order valence-electron chi connectivity index (χ2n) is 14.3. The van der Waals surface area contributed by atoms with Crippen LogP contribution < -0.4 is 10.4 Å². The van der Waals surface area contributed by atoms with E-state index in [2.05, 4.69) is 88.4 Å². The summed E-state index contributed by atoms with van der Waals surface area (Å²) in [6.07, 6.45) is 23.8. The van der Waals surface area contributed by atoms with Gasteiger partial charge in [-0.15, -0.1) is 0 Å². The summed E-state index contributed by atoms with van der Waals surface area (Å²) in [6, 6.07) is 22.0. The van der Waals surface area contributed by atoms with Gasteiger partial charge >= 0.3 is 5.97 Å². The van der Waals surface area contributed by atoms with E-state index in [0.717, 1.165) is 13.0 Å². The van der Waals surface area contributed by atoms with Gasteiger partial charge in [-0.2, -0.15) is 0 Å². The number of hydrogen-bond donors (Lipinski definition) is 0. The van der Waals surface area contributed by atoms with E-state index < -0.39 is 8.32 Å². The Hall–Kier alpha value is -1.91. The fourth-order valence-electron chi connectivity index (χ4n) is 6.95. The molecule has 3 nitrogen and oxygen atoms in total. The van der Waals surface area contributed by atoms with E-state index >= 15 is 0 Å². The van der Waals surface area contributed by atoms with Crippen LogP contribution in [0.4, 0.5) is 0 Å². The highest BCUT2D eigenvalue weighted by Gasteiger charge is 2.49. The molecule has 0 radical (unpaired) electrons. The minimum atomic E-state index is -2.41. The fraction of sp³-hybridized carbons (Fsp3) is 0.683. The van der Waals surface area contributed by atoms with Crippen molar-refractivity contribution in [1.82, 2.24) is 0 Å². The van der Waals surface area contributed by atoms with Crippen LogP contribution in [0, 0.1) is 5.92 Å². The van der Waals surface area contributed by atoms with Gasteiger partial charge in [-0.05, 0) is 47.5 Å².